The number of aryl methyl sites for hydroxylation is 1. The van der Waals surface area contributed by atoms with Gasteiger partial charge in [-0.3, -0.25) is 19.7 Å². The molecule has 4 rings (SSSR count). The molecule has 0 saturated carbocycles. The fraction of sp³-hybridized carbons (Fsp3) is 0.167. The molecule has 34 heavy (non-hydrogen) atoms. The van der Waals surface area contributed by atoms with E-state index in [-0.39, 0.29) is 27.9 Å². The standard InChI is InChI=1S/C24H20ClN3O5S/c1-13-22(23(31)28(2)3)34-24(26-13)27-18(29)12-32-21-19(30)16-11-15(25)9-10-17(16)33-20(21)14-7-5-4-6-8-14/h4-11H,12H2,1-3H3,(H,26,27,29). The van der Waals surface area contributed by atoms with Gasteiger partial charge in [0.25, 0.3) is 11.8 Å². The van der Waals surface area contributed by atoms with Crippen molar-refractivity contribution in [1.82, 2.24) is 9.88 Å². The summed E-state index contributed by atoms with van der Waals surface area (Å²) < 4.78 is 11.6. The van der Waals surface area contributed by atoms with Gasteiger partial charge < -0.3 is 14.1 Å². The number of benzene rings is 2. The monoisotopic (exact) mass is 497 g/mol. The molecule has 0 bridgehead atoms. The van der Waals surface area contributed by atoms with Gasteiger partial charge in [-0.25, -0.2) is 4.98 Å². The number of nitrogens with zero attached hydrogens (tertiary/aromatic N) is 2. The average molecular weight is 498 g/mol. The van der Waals surface area contributed by atoms with Crippen LogP contribution in [0.5, 0.6) is 5.75 Å². The van der Waals surface area contributed by atoms with Gasteiger partial charge in [0.15, 0.2) is 17.5 Å². The van der Waals surface area contributed by atoms with Crippen LogP contribution < -0.4 is 15.5 Å². The van der Waals surface area contributed by atoms with E-state index in [1.54, 1.807) is 57.4 Å². The van der Waals surface area contributed by atoms with Crippen LogP contribution in [0.2, 0.25) is 5.02 Å². The Morgan fingerprint density at radius 3 is 2.62 bits per heavy atom. The summed E-state index contributed by atoms with van der Waals surface area (Å²) in [6.07, 6.45) is 0. The molecule has 0 radical (unpaired) electrons. The first kappa shape index (κ1) is 23.5. The second-order valence-corrected chi connectivity index (χ2v) is 9.00. The van der Waals surface area contributed by atoms with E-state index >= 15 is 0 Å². The van der Waals surface area contributed by atoms with Gasteiger partial charge in [0.1, 0.15) is 10.5 Å². The van der Waals surface area contributed by atoms with Gasteiger partial charge >= 0.3 is 0 Å². The van der Waals surface area contributed by atoms with Crippen molar-refractivity contribution in [3.63, 3.8) is 0 Å². The number of hydrogen-bond donors (Lipinski definition) is 1. The smallest absolute Gasteiger partial charge is 0.265 e. The summed E-state index contributed by atoms with van der Waals surface area (Å²) in [7, 11) is 3.28. The molecule has 2 heterocycles. The molecule has 0 fully saturated rings. The summed E-state index contributed by atoms with van der Waals surface area (Å²) in [5.41, 5.74) is 1.04. The zero-order chi connectivity index (χ0) is 24.4. The number of aromatic nitrogens is 1. The Balaban J connectivity index is 1.61. The van der Waals surface area contributed by atoms with Gasteiger partial charge in [-0.2, -0.15) is 0 Å². The molecule has 1 N–H and O–H groups in total. The lowest BCUT2D eigenvalue weighted by atomic mass is 10.1. The second-order valence-electron chi connectivity index (χ2n) is 7.57. The van der Waals surface area contributed by atoms with Crippen molar-refractivity contribution in [3.05, 3.63) is 74.3 Å². The predicted octanol–water partition coefficient (Wildman–Crippen LogP) is 4.60. The molecule has 2 amide bonds. The normalized spacial score (nSPS) is 10.8. The maximum atomic E-state index is 13.2. The third kappa shape index (κ3) is 4.80. The van der Waals surface area contributed by atoms with Gasteiger partial charge in [-0.15, -0.1) is 0 Å². The predicted molar refractivity (Wildman–Crippen MR) is 132 cm³/mol. The number of halogens is 1. The van der Waals surface area contributed by atoms with Crippen LogP contribution in [0.25, 0.3) is 22.3 Å². The van der Waals surface area contributed by atoms with Crippen LogP contribution in [0, 0.1) is 6.92 Å². The Morgan fingerprint density at radius 1 is 1.18 bits per heavy atom. The quantitative estimate of drug-likeness (QED) is 0.418. The number of anilines is 1. The minimum absolute atomic E-state index is 0.102. The summed E-state index contributed by atoms with van der Waals surface area (Å²) in [5, 5.41) is 3.49. The maximum Gasteiger partial charge on any atom is 0.265 e. The fourth-order valence-electron chi connectivity index (χ4n) is 3.21. The summed E-state index contributed by atoms with van der Waals surface area (Å²) >= 11 is 7.12. The minimum Gasteiger partial charge on any atom is -0.476 e. The van der Waals surface area contributed by atoms with Gasteiger partial charge in [-0.1, -0.05) is 53.3 Å². The van der Waals surface area contributed by atoms with E-state index in [9.17, 15) is 14.4 Å². The number of nitrogens with one attached hydrogen (secondary N) is 1. The Hall–Kier alpha value is -3.69. The van der Waals surface area contributed by atoms with Crippen molar-refractivity contribution in [2.75, 3.05) is 26.0 Å². The number of fused-ring (bicyclic) bond motifs is 1. The third-order valence-electron chi connectivity index (χ3n) is 4.84. The highest BCUT2D eigenvalue weighted by Gasteiger charge is 2.21. The molecule has 0 unspecified atom stereocenters. The number of carbonyl (C=O) groups excluding carboxylic acids is 2. The number of ether oxygens (including phenoxy) is 1. The third-order valence-corrected chi connectivity index (χ3v) is 6.13. The van der Waals surface area contributed by atoms with Crippen molar-refractivity contribution < 1.29 is 18.7 Å². The van der Waals surface area contributed by atoms with E-state index in [0.717, 1.165) is 11.3 Å². The first-order chi connectivity index (χ1) is 16.2. The molecule has 0 atom stereocenters. The zero-order valence-corrected chi connectivity index (χ0v) is 20.1. The van der Waals surface area contributed by atoms with Gasteiger partial charge in [0.2, 0.25) is 11.2 Å². The number of rotatable bonds is 6. The van der Waals surface area contributed by atoms with Gasteiger partial charge in [0, 0.05) is 24.7 Å². The molecule has 2 aromatic carbocycles. The minimum atomic E-state index is -0.540. The number of hydrogen-bond acceptors (Lipinski definition) is 7. The lowest BCUT2D eigenvalue weighted by Gasteiger charge is -2.11. The van der Waals surface area contributed by atoms with E-state index < -0.39 is 17.9 Å². The van der Waals surface area contributed by atoms with Crippen LogP contribution in [-0.4, -0.2) is 42.4 Å². The highest BCUT2D eigenvalue weighted by molar-refractivity contribution is 7.17. The first-order valence-corrected chi connectivity index (χ1v) is 11.4. The molecule has 10 heteroatoms. The van der Waals surface area contributed by atoms with Crippen LogP contribution >= 0.6 is 22.9 Å². The van der Waals surface area contributed by atoms with Gasteiger partial charge in [0.05, 0.1) is 11.1 Å². The Bertz CT molecular complexity index is 1450. The molecule has 4 aromatic rings. The first-order valence-electron chi connectivity index (χ1n) is 10.2. The molecule has 2 aromatic heterocycles. The van der Waals surface area contributed by atoms with Crippen LogP contribution in [0.1, 0.15) is 15.4 Å². The maximum absolute atomic E-state index is 13.2. The molecule has 0 aliphatic carbocycles. The summed E-state index contributed by atoms with van der Waals surface area (Å²) in [6, 6.07) is 13.7. The number of carbonyl (C=O) groups is 2. The molecular weight excluding hydrogens is 478 g/mol. The molecular formula is C24H20ClN3O5S. The SMILES string of the molecule is Cc1nc(NC(=O)COc2c(-c3ccccc3)oc3ccc(Cl)cc3c2=O)sc1C(=O)N(C)C. The fourth-order valence-corrected chi connectivity index (χ4v) is 4.38. The van der Waals surface area contributed by atoms with E-state index in [1.165, 1.54) is 11.0 Å². The Labute approximate surface area is 203 Å². The number of amides is 2. The van der Waals surface area contributed by atoms with E-state index in [2.05, 4.69) is 10.3 Å². The van der Waals surface area contributed by atoms with Crippen LogP contribution in [0.4, 0.5) is 5.13 Å². The largest absolute Gasteiger partial charge is 0.476 e. The molecule has 0 spiro atoms. The molecule has 0 aliphatic heterocycles. The highest BCUT2D eigenvalue weighted by Crippen LogP contribution is 2.31. The molecule has 8 nitrogen and oxygen atoms in total. The summed E-state index contributed by atoms with van der Waals surface area (Å²) in [6.45, 7) is 1.23. The van der Waals surface area contributed by atoms with Crippen LogP contribution in [0.3, 0.4) is 0 Å². The van der Waals surface area contributed by atoms with Crippen LogP contribution in [-0.2, 0) is 4.79 Å². The van der Waals surface area contributed by atoms with Crippen molar-refractivity contribution in [1.29, 1.82) is 0 Å². The molecule has 174 valence electrons. The van der Waals surface area contributed by atoms with Crippen molar-refractivity contribution in [2.24, 2.45) is 0 Å². The Morgan fingerprint density at radius 2 is 1.91 bits per heavy atom. The second kappa shape index (κ2) is 9.66. The summed E-state index contributed by atoms with van der Waals surface area (Å²) in [4.78, 5) is 44.1. The van der Waals surface area contributed by atoms with Crippen molar-refractivity contribution >= 4 is 50.9 Å². The van der Waals surface area contributed by atoms with E-state index in [0.29, 0.717) is 26.7 Å². The van der Waals surface area contributed by atoms with Crippen molar-refractivity contribution in [3.8, 4) is 17.1 Å². The van der Waals surface area contributed by atoms with E-state index in [4.69, 9.17) is 20.8 Å². The zero-order valence-electron chi connectivity index (χ0n) is 18.5. The van der Waals surface area contributed by atoms with Crippen LogP contribution in [0.15, 0.2) is 57.7 Å². The molecule has 0 saturated heterocycles. The van der Waals surface area contributed by atoms with Crippen molar-refractivity contribution in [2.45, 2.75) is 6.92 Å². The average Bonchev–Trinajstić information content (AvgIpc) is 3.18. The number of thiazole rings is 1. The Kier molecular flexibility index (Phi) is 6.67. The van der Waals surface area contributed by atoms with Gasteiger partial charge in [-0.05, 0) is 25.1 Å². The lowest BCUT2D eigenvalue weighted by molar-refractivity contribution is -0.118. The highest BCUT2D eigenvalue weighted by atomic mass is 35.5. The summed E-state index contributed by atoms with van der Waals surface area (Å²) in [5.74, 6) is -0.638. The lowest BCUT2D eigenvalue weighted by Crippen LogP contribution is -2.22. The van der Waals surface area contributed by atoms with E-state index in [1.807, 2.05) is 6.07 Å². The topological polar surface area (TPSA) is 102 Å². The molecule has 0 aliphatic rings.